The number of aromatic amines is 1. The summed E-state index contributed by atoms with van der Waals surface area (Å²) in [6.07, 6.45) is 4.77. The molecule has 4 rings (SSSR count). The average molecular weight is 395 g/mol. The first-order valence-electron chi connectivity index (χ1n) is 9.63. The minimum Gasteiger partial charge on any atom is -0.361 e. The number of para-hydroxylation sites is 1. The largest absolute Gasteiger partial charge is 0.361 e. The number of aromatic nitrogens is 1. The third-order valence-corrected chi connectivity index (χ3v) is 7.34. The van der Waals surface area contributed by atoms with Gasteiger partial charge in [-0.15, -0.1) is 0 Å². The molecule has 0 saturated carbocycles. The molecular formula is C23H26N2O2S. The molecule has 0 bridgehead atoms. The quantitative estimate of drug-likeness (QED) is 0.684. The number of rotatable bonds is 3. The summed E-state index contributed by atoms with van der Waals surface area (Å²) in [5, 5.41) is 1.18. The van der Waals surface area contributed by atoms with E-state index in [0.29, 0.717) is 24.4 Å². The van der Waals surface area contributed by atoms with Crippen molar-refractivity contribution < 1.29 is 8.42 Å². The number of benzene rings is 2. The number of fused-ring (bicyclic) bond motifs is 1. The van der Waals surface area contributed by atoms with Crippen molar-refractivity contribution in [1.82, 2.24) is 9.29 Å². The topological polar surface area (TPSA) is 53.2 Å². The number of nitrogens with one attached hydrogen (secondary N) is 1. The van der Waals surface area contributed by atoms with Crippen LogP contribution in [-0.4, -0.2) is 30.8 Å². The van der Waals surface area contributed by atoms with Crippen LogP contribution in [0.1, 0.15) is 38.3 Å². The monoisotopic (exact) mass is 394 g/mol. The molecule has 3 aromatic rings. The molecule has 1 aliphatic heterocycles. The molecule has 5 heteroatoms. The molecule has 0 radical (unpaired) electrons. The fraction of sp³-hybridized carbons (Fsp3) is 0.304. The predicted octanol–water partition coefficient (Wildman–Crippen LogP) is 4.94. The average Bonchev–Trinajstić information content (AvgIpc) is 3.12. The molecular weight excluding hydrogens is 368 g/mol. The van der Waals surface area contributed by atoms with E-state index in [9.17, 15) is 8.42 Å². The number of hydrogen-bond donors (Lipinski definition) is 1. The molecule has 1 aliphatic rings. The molecule has 0 unspecified atom stereocenters. The van der Waals surface area contributed by atoms with Gasteiger partial charge in [-0.05, 0) is 41.2 Å². The van der Waals surface area contributed by atoms with E-state index in [2.05, 4.69) is 37.9 Å². The van der Waals surface area contributed by atoms with Crippen LogP contribution in [0.4, 0.5) is 0 Å². The van der Waals surface area contributed by atoms with Gasteiger partial charge in [0.15, 0.2) is 0 Å². The lowest BCUT2D eigenvalue weighted by atomic mass is 9.87. The second kappa shape index (κ2) is 6.90. The lowest BCUT2D eigenvalue weighted by Gasteiger charge is -2.26. The maximum absolute atomic E-state index is 13.0. The van der Waals surface area contributed by atoms with Crippen LogP contribution in [0.5, 0.6) is 0 Å². The molecule has 2 aromatic carbocycles. The molecule has 0 saturated heterocycles. The van der Waals surface area contributed by atoms with E-state index in [1.54, 1.807) is 16.4 Å². The van der Waals surface area contributed by atoms with E-state index < -0.39 is 10.0 Å². The maximum Gasteiger partial charge on any atom is 0.243 e. The zero-order chi connectivity index (χ0) is 19.9. The molecule has 0 fully saturated rings. The molecule has 1 aromatic heterocycles. The highest BCUT2D eigenvalue weighted by atomic mass is 32.2. The molecule has 0 atom stereocenters. The second-order valence-electron chi connectivity index (χ2n) is 8.36. The van der Waals surface area contributed by atoms with Crippen LogP contribution in [0.25, 0.3) is 16.5 Å². The SMILES string of the molecule is CC(C)(C)c1ccc(S(=O)(=O)N2CC=C(c3c[nH]c4ccccc34)CC2)cc1. The molecule has 146 valence electrons. The van der Waals surface area contributed by atoms with Crippen molar-refractivity contribution in [1.29, 1.82) is 0 Å². The first-order valence-corrected chi connectivity index (χ1v) is 11.1. The van der Waals surface area contributed by atoms with Gasteiger partial charge in [0.2, 0.25) is 10.0 Å². The van der Waals surface area contributed by atoms with Crippen LogP contribution >= 0.6 is 0 Å². The van der Waals surface area contributed by atoms with Gasteiger partial charge in [-0.3, -0.25) is 0 Å². The lowest BCUT2D eigenvalue weighted by Crippen LogP contribution is -2.34. The Morgan fingerprint density at radius 2 is 1.71 bits per heavy atom. The molecule has 2 heterocycles. The highest BCUT2D eigenvalue weighted by Crippen LogP contribution is 2.31. The van der Waals surface area contributed by atoms with Gasteiger partial charge >= 0.3 is 0 Å². The van der Waals surface area contributed by atoms with Crippen LogP contribution < -0.4 is 0 Å². The summed E-state index contributed by atoms with van der Waals surface area (Å²) < 4.78 is 27.7. The van der Waals surface area contributed by atoms with Crippen LogP contribution in [-0.2, 0) is 15.4 Å². The summed E-state index contributed by atoms with van der Waals surface area (Å²) in [5.74, 6) is 0. The first kappa shape index (κ1) is 19.0. The Bertz CT molecular complexity index is 1130. The summed E-state index contributed by atoms with van der Waals surface area (Å²) in [7, 11) is -3.48. The summed E-state index contributed by atoms with van der Waals surface area (Å²) in [6, 6.07) is 15.5. The smallest absolute Gasteiger partial charge is 0.243 e. The van der Waals surface area contributed by atoms with Crippen molar-refractivity contribution in [2.45, 2.75) is 37.5 Å². The van der Waals surface area contributed by atoms with Gasteiger partial charge in [0.05, 0.1) is 4.90 Å². The van der Waals surface area contributed by atoms with E-state index in [-0.39, 0.29) is 5.41 Å². The molecule has 0 spiro atoms. The van der Waals surface area contributed by atoms with Crippen LogP contribution in [0.15, 0.2) is 65.7 Å². The summed E-state index contributed by atoms with van der Waals surface area (Å²) >= 11 is 0. The minimum absolute atomic E-state index is 0.00435. The zero-order valence-electron chi connectivity index (χ0n) is 16.6. The predicted molar refractivity (Wildman–Crippen MR) is 115 cm³/mol. The zero-order valence-corrected chi connectivity index (χ0v) is 17.4. The van der Waals surface area contributed by atoms with Crippen molar-refractivity contribution in [2.75, 3.05) is 13.1 Å². The van der Waals surface area contributed by atoms with Gasteiger partial charge in [0, 0.05) is 35.8 Å². The number of nitrogens with zero attached hydrogens (tertiary/aromatic N) is 1. The Hall–Kier alpha value is -2.37. The van der Waals surface area contributed by atoms with Crippen LogP contribution in [0, 0.1) is 0 Å². The Labute approximate surface area is 166 Å². The van der Waals surface area contributed by atoms with E-state index in [4.69, 9.17) is 0 Å². The van der Waals surface area contributed by atoms with Gasteiger partial charge in [0.25, 0.3) is 0 Å². The number of H-pyrrole nitrogens is 1. The Balaban J connectivity index is 1.57. The van der Waals surface area contributed by atoms with E-state index in [1.807, 2.05) is 36.5 Å². The highest BCUT2D eigenvalue weighted by molar-refractivity contribution is 7.89. The Morgan fingerprint density at radius 3 is 2.36 bits per heavy atom. The Kier molecular flexibility index (Phi) is 4.68. The molecule has 0 amide bonds. The standard InChI is InChI=1S/C23H26N2O2S/c1-23(2,3)18-8-10-19(11-9-18)28(26,27)25-14-12-17(13-15-25)21-16-24-22-7-5-4-6-20(21)22/h4-12,16,24H,13-15H2,1-3H3. The number of sulfonamides is 1. The fourth-order valence-electron chi connectivity index (χ4n) is 3.73. The molecule has 28 heavy (non-hydrogen) atoms. The van der Waals surface area contributed by atoms with E-state index >= 15 is 0 Å². The van der Waals surface area contributed by atoms with E-state index in [1.165, 1.54) is 16.5 Å². The third-order valence-electron chi connectivity index (χ3n) is 5.47. The normalized spacial score (nSPS) is 16.3. The van der Waals surface area contributed by atoms with Crippen molar-refractivity contribution in [3.8, 4) is 0 Å². The summed E-state index contributed by atoms with van der Waals surface area (Å²) in [4.78, 5) is 3.66. The van der Waals surface area contributed by atoms with Crippen molar-refractivity contribution >= 4 is 26.5 Å². The molecule has 0 aliphatic carbocycles. The summed E-state index contributed by atoms with van der Waals surface area (Å²) in [5.41, 5.74) is 4.61. The van der Waals surface area contributed by atoms with Crippen molar-refractivity contribution in [3.05, 3.63) is 71.9 Å². The van der Waals surface area contributed by atoms with Gasteiger partial charge in [-0.1, -0.05) is 57.2 Å². The second-order valence-corrected chi connectivity index (χ2v) is 10.3. The summed E-state index contributed by atoms with van der Waals surface area (Å²) in [6.45, 7) is 7.27. The van der Waals surface area contributed by atoms with Crippen molar-refractivity contribution in [3.63, 3.8) is 0 Å². The Morgan fingerprint density at radius 1 is 1.00 bits per heavy atom. The minimum atomic E-state index is -3.48. The molecule has 1 N–H and O–H groups in total. The maximum atomic E-state index is 13.0. The van der Waals surface area contributed by atoms with Gasteiger partial charge in [-0.2, -0.15) is 4.31 Å². The molecule has 4 nitrogen and oxygen atoms in total. The number of hydrogen-bond acceptors (Lipinski definition) is 2. The van der Waals surface area contributed by atoms with E-state index in [0.717, 1.165) is 11.1 Å². The van der Waals surface area contributed by atoms with Gasteiger partial charge in [0.1, 0.15) is 0 Å². The van der Waals surface area contributed by atoms with Gasteiger partial charge in [-0.25, -0.2) is 8.42 Å². The fourth-order valence-corrected chi connectivity index (χ4v) is 5.11. The lowest BCUT2D eigenvalue weighted by molar-refractivity contribution is 0.441. The van der Waals surface area contributed by atoms with Crippen LogP contribution in [0.2, 0.25) is 0 Å². The first-order chi connectivity index (χ1) is 13.3. The third kappa shape index (κ3) is 3.40. The van der Waals surface area contributed by atoms with Gasteiger partial charge < -0.3 is 4.98 Å². The highest BCUT2D eigenvalue weighted by Gasteiger charge is 2.27. The van der Waals surface area contributed by atoms with Crippen molar-refractivity contribution in [2.24, 2.45) is 0 Å². The van der Waals surface area contributed by atoms with Crippen LogP contribution in [0.3, 0.4) is 0 Å².